The molecule has 0 aromatic heterocycles. The van der Waals surface area contributed by atoms with Gasteiger partial charge in [0.15, 0.2) is 0 Å². The van der Waals surface area contributed by atoms with E-state index >= 15 is 0 Å². The molecule has 0 aliphatic rings. The molecule has 0 saturated heterocycles. The zero-order chi connectivity index (χ0) is 11.1. The van der Waals surface area contributed by atoms with Gasteiger partial charge in [0.2, 0.25) is 0 Å². The minimum Gasteiger partial charge on any atom is -0.310 e. The Kier molecular flexibility index (Phi) is 7.20. The summed E-state index contributed by atoms with van der Waals surface area (Å²) in [4.78, 5) is 2.26. The van der Waals surface area contributed by atoms with E-state index in [9.17, 15) is 0 Å². The molecule has 0 aliphatic carbocycles. The quantitative estimate of drug-likeness (QED) is 0.678. The minimum atomic E-state index is 0.617. The number of hydrogen-bond donors (Lipinski definition) is 1. The first-order chi connectivity index (χ1) is 6.47. The molecule has 2 unspecified atom stereocenters. The van der Waals surface area contributed by atoms with Gasteiger partial charge in [0.1, 0.15) is 0 Å². The highest BCUT2D eigenvalue weighted by atomic mass is 15.1. The predicted octanol–water partition coefficient (Wildman–Crippen LogP) is 2.35. The van der Waals surface area contributed by atoms with Crippen LogP contribution >= 0.6 is 0 Å². The molecule has 0 amide bonds. The lowest BCUT2D eigenvalue weighted by Crippen LogP contribution is -2.45. The smallest absolute Gasteiger partial charge is 0.0220 e. The fourth-order valence-electron chi connectivity index (χ4n) is 1.73. The third-order valence-electron chi connectivity index (χ3n) is 2.59. The van der Waals surface area contributed by atoms with E-state index in [1.807, 2.05) is 0 Å². The fraction of sp³-hybridized carbons (Fsp3) is 1.00. The average molecular weight is 200 g/mol. The van der Waals surface area contributed by atoms with E-state index in [4.69, 9.17) is 0 Å². The van der Waals surface area contributed by atoms with Gasteiger partial charge in [0.05, 0.1) is 0 Å². The Hall–Kier alpha value is -0.0800. The Balaban J connectivity index is 3.95. The topological polar surface area (TPSA) is 15.3 Å². The summed E-state index contributed by atoms with van der Waals surface area (Å²) in [5.74, 6) is 0.705. The molecule has 0 aromatic rings. The molecule has 1 N–H and O–H groups in total. The Labute approximate surface area is 90.1 Å². The molecule has 2 nitrogen and oxygen atoms in total. The number of hydrogen-bond acceptors (Lipinski definition) is 2. The first-order valence-electron chi connectivity index (χ1n) is 5.88. The number of nitrogens with one attached hydrogen (secondary N) is 1. The first-order valence-corrected chi connectivity index (χ1v) is 5.88. The maximum atomic E-state index is 3.71. The molecule has 2 heteroatoms. The summed E-state index contributed by atoms with van der Waals surface area (Å²) >= 11 is 0. The minimum absolute atomic E-state index is 0.617. The number of nitrogens with zero attached hydrogens (tertiary/aromatic N) is 1. The van der Waals surface area contributed by atoms with Crippen molar-refractivity contribution in [2.75, 3.05) is 20.6 Å². The first kappa shape index (κ1) is 13.9. The monoisotopic (exact) mass is 200 g/mol. The summed E-state index contributed by atoms with van der Waals surface area (Å²) in [6, 6.07) is 1.26. The van der Waals surface area contributed by atoms with Crippen LogP contribution in [0.2, 0.25) is 0 Å². The van der Waals surface area contributed by atoms with Crippen molar-refractivity contribution in [1.82, 2.24) is 10.2 Å². The van der Waals surface area contributed by atoms with Crippen molar-refractivity contribution in [3.05, 3.63) is 0 Å². The van der Waals surface area contributed by atoms with E-state index in [1.54, 1.807) is 0 Å². The molecule has 86 valence electrons. The van der Waals surface area contributed by atoms with Crippen LogP contribution in [0.3, 0.4) is 0 Å². The van der Waals surface area contributed by atoms with Crippen LogP contribution in [0.1, 0.15) is 40.5 Å². The second kappa shape index (κ2) is 7.24. The van der Waals surface area contributed by atoms with Crippen molar-refractivity contribution in [3.8, 4) is 0 Å². The Morgan fingerprint density at radius 1 is 1.14 bits per heavy atom. The highest BCUT2D eigenvalue weighted by molar-refractivity contribution is 4.76. The van der Waals surface area contributed by atoms with Crippen LogP contribution < -0.4 is 5.32 Å². The van der Waals surface area contributed by atoms with Gasteiger partial charge in [-0.05, 0) is 33.4 Å². The van der Waals surface area contributed by atoms with Gasteiger partial charge in [-0.1, -0.05) is 27.2 Å². The summed E-state index contributed by atoms with van der Waals surface area (Å²) in [5.41, 5.74) is 0. The molecule has 0 fully saturated rings. The predicted molar refractivity (Wildman–Crippen MR) is 64.7 cm³/mol. The van der Waals surface area contributed by atoms with E-state index in [0.717, 1.165) is 6.54 Å². The van der Waals surface area contributed by atoms with Crippen LogP contribution in [0, 0.1) is 5.92 Å². The van der Waals surface area contributed by atoms with Crippen molar-refractivity contribution in [2.45, 2.75) is 52.6 Å². The standard InChI is InChI=1S/C12H28N2/c1-7-8-11(4)13-12(10(2)3)9-14(5)6/h10-13H,7-9H2,1-6H3. The summed E-state index contributed by atoms with van der Waals surface area (Å²) in [6.45, 7) is 10.2. The number of likely N-dealkylation sites (N-methyl/N-ethyl adjacent to an activating group) is 1. The molecule has 14 heavy (non-hydrogen) atoms. The molecule has 0 saturated carbocycles. The van der Waals surface area contributed by atoms with E-state index in [-0.39, 0.29) is 0 Å². The molecule has 0 bridgehead atoms. The van der Waals surface area contributed by atoms with E-state index in [0.29, 0.717) is 18.0 Å². The van der Waals surface area contributed by atoms with E-state index in [1.165, 1.54) is 12.8 Å². The van der Waals surface area contributed by atoms with Gasteiger partial charge < -0.3 is 10.2 Å². The van der Waals surface area contributed by atoms with Gasteiger partial charge in [-0.25, -0.2) is 0 Å². The highest BCUT2D eigenvalue weighted by Gasteiger charge is 2.15. The van der Waals surface area contributed by atoms with Crippen molar-refractivity contribution in [3.63, 3.8) is 0 Å². The van der Waals surface area contributed by atoms with E-state index < -0.39 is 0 Å². The lowest BCUT2D eigenvalue weighted by molar-refractivity contribution is 0.268. The lowest BCUT2D eigenvalue weighted by atomic mass is 10.0. The lowest BCUT2D eigenvalue weighted by Gasteiger charge is -2.28. The second-order valence-electron chi connectivity index (χ2n) is 4.97. The summed E-state index contributed by atoms with van der Waals surface area (Å²) in [6.07, 6.45) is 2.54. The average Bonchev–Trinajstić information content (AvgIpc) is 2.02. The highest BCUT2D eigenvalue weighted by Crippen LogP contribution is 2.06. The van der Waals surface area contributed by atoms with Crippen molar-refractivity contribution < 1.29 is 0 Å². The van der Waals surface area contributed by atoms with Gasteiger partial charge in [-0.2, -0.15) is 0 Å². The molecule has 0 aromatic carbocycles. The zero-order valence-corrected chi connectivity index (χ0v) is 10.8. The molecule has 0 radical (unpaired) electrons. The Morgan fingerprint density at radius 3 is 2.07 bits per heavy atom. The summed E-state index contributed by atoms with van der Waals surface area (Å²) in [7, 11) is 4.28. The van der Waals surface area contributed by atoms with Crippen LogP contribution in [0.15, 0.2) is 0 Å². The van der Waals surface area contributed by atoms with Gasteiger partial charge >= 0.3 is 0 Å². The molecule has 0 aliphatic heterocycles. The normalized spacial score (nSPS) is 16.3. The number of rotatable bonds is 7. The van der Waals surface area contributed by atoms with Crippen LogP contribution in [0.4, 0.5) is 0 Å². The van der Waals surface area contributed by atoms with Gasteiger partial charge in [0, 0.05) is 18.6 Å². The van der Waals surface area contributed by atoms with Crippen LogP contribution in [0.5, 0.6) is 0 Å². The van der Waals surface area contributed by atoms with Crippen LogP contribution in [-0.4, -0.2) is 37.6 Å². The van der Waals surface area contributed by atoms with Crippen molar-refractivity contribution >= 4 is 0 Å². The third kappa shape index (κ3) is 6.39. The maximum Gasteiger partial charge on any atom is 0.0220 e. The zero-order valence-electron chi connectivity index (χ0n) is 10.8. The molecule has 0 rings (SSSR count). The Morgan fingerprint density at radius 2 is 1.71 bits per heavy atom. The van der Waals surface area contributed by atoms with Crippen LogP contribution in [0.25, 0.3) is 0 Å². The SMILES string of the molecule is CCCC(C)NC(CN(C)C)C(C)C. The van der Waals surface area contributed by atoms with Gasteiger partial charge in [0.25, 0.3) is 0 Å². The third-order valence-corrected chi connectivity index (χ3v) is 2.59. The molecular weight excluding hydrogens is 172 g/mol. The largest absolute Gasteiger partial charge is 0.310 e. The molecule has 0 heterocycles. The van der Waals surface area contributed by atoms with E-state index in [2.05, 4.69) is 52.0 Å². The summed E-state index contributed by atoms with van der Waals surface area (Å²) < 4.78 is 0. The second-order valence-corrected chi connectivity index (χ2v) is 4.97. The Bertz CT molecular complexity index is 132. The van der Waals surface area contributed by atoms with Crippen molar-refractivity contribution in [1.29, 1.82) is 0 Å². The molecule has 0 spiro atoms. The fourth-order valence-corrected chi connectivity index (χ4v) is 1.73. The molecule has 2 atom stereocenters. The maximum absolute atomic E-state index is 3.71. The van der Waals surface area contributed by atoms with Crippen LogP contribution in [-0.2, 0) is 0 Å². The van der Waals surface area contributed by atoms with Crippen molar-refractivity contribution in [2.24, 2.45) is 5.92 Å². The van der Waals surface area contributed by atoms with Gasteiger partial charge in [-0.15, -0.1) is 0 Å². The summed E-state index contributed by atoms with van der Waals surface area (Å²) in [5, 5.41) is 3.71. The molecular formula is C12H28N2. The van der Waals surface area contributed by atoms with Gasteiger partial charge in [-0.3, -0.25) is 0 Å².